The van der Waals surface area contributed by atoms with Gasteiger partial charge >= 0.3 is 0 Å². The van der Waals surface area contributed by atoms with E-state index in [1.807, 2.05) is 30.9 Å². The largest absolute Gasteiger partial charge is 0.375 e. The van der Waals surface area contributed by atoms with E-state index >= 15 is 4.39 Å². The minimum atomic E-state index is -0.695. The lowest BCUT2D eigenvalue weighted by Crippen LogP contribution is -2.54. The summed E-state index contributed by atoms with van der Waals surface area (Å²) in [5.41, 5.74) is 2.81. The maximum atomic E-state index is 16.0. The molecule has 0 amide bonds. The zero-order chi connectivity index (χ0) is 23.3. The number of aliphatic hydroxyl groups is 1. The first-order valence-corrected chi connectivity index (χ1v) is 11.2. The van der Waals surface area contributed by atoms with E-state index in [-0.39, 0.29) is 16.6 Å². The Morgan fingerprint density at radius 3 is 2.88 bits per heavy atom. The van der Waals surface area contributed by atoms with Gasteiger partial charge in [-0.1, -0.05) is 30.3 Å². The molecular weight excluding hydrogens is 443 g/mol. The van der Waals surface area contributed by atoms with Crippen LogP contribution in [0.25, 0.3) is 32.9 Å². The summed E-state index contributed by atoms with van der Waals surface area (Å²) in [6.07, 6.45) is 3.91. The number of aryl methyl sites for hydroxylation is 1. The van der Waals surface area contributed by atoms with Gasteiger partial charge in [0.1, 0.15) is 23.9 Å². The highest BCUT2D eigenvalue weighted by molar-refractivity contribution is 6.35. The Kier molecular flexibility index (Phi) is 5.52. The van der Waals surface area contributed by atoms with Crippen LogP contribution in [0.4, 0.5) is 10.2 Å². The molecule has 4 aromatic rings. The van der Waals surface area contributed by atoms with Crippen LogP contribution in [0, 0.1) is 12.7 Å². The Hall–Kier alpha value is -3.07. The van der Waals surface area contributed by atoms with Crippen LogP contribution in [-0.4, -0.2) is 62.1 Å². The number of halogens is 2. The van der Waals surface area contributed by atoms with Crippen LogP contribution < -0.4 is 4.90 Å². The summed E-state index contributed by atoms with van der Waals surface area (Å²) in [7, 11) is 0. The van der Waals surface area contributed by atoms with Crippen LogP contribution in [0.5, 0.6) is 0 Å². The first kappa shape index (κ1) is 21.8. The quantitative estimate of drug-likeness (QED) is 0.437. The Morgan fingerprint density at radius 1 is 1.30 bits per heavy atom. The van der Waals surface area contributed by atoms with Crippen molar-refractivity contribution in [1.82, 2.24) is 25.1 Å². The molecule has 0 saturated carbocycles. The number of hydrogen-bond acceptors (Lipinski definition) is 6. The van der Waals surface area contributed by atoms with Gasteiger partial charge in [-0.3, -0.25) is 10.00 Å². The number of aromatic amines is 1. The van der Waals surface area contributed by atoms with Crippen molar-refractivity contribution < 1.29 is 9.50 Å². The maximum absolute atomic E-state index is 16.0. The van der Waals surface area contributed by atoms with E-state index in [4.69, 9.17) is 11.6 Å². The Labute approximate surface area is 195 Å². The third-order valence-corrected chi connectivity index (χ3v) is 6.69. The number of hydrogen-bond donors (Lipinski definition) is 2. The van der Waals surface area contributed by atoms with E-state index in [0.29, 0.717) is 42.0 Å². The van der Waals surface area contributed by atoms with Gasteiger partial charge in [-0.05, 0) is 31.6 Å². The van der Waals surface area contributed by atoms with Crippen LogP contribution in [0.3, 0.4) is 0 Å². The van der Waals surface area contributed by atoms with Gasteiger partial charge in [0.25, 0.3) is 0 Å². The summed E-state index contributed by atoms with van der Waals surface area (Å²) in [6, 6.07) is 5.65. The van der Waals surface area contributed by atoms with Crippen molar-refractivity contribution in [2.75, 3.05) is 24.5 Å². The lowest BCUT2D eigenvalue weighted by molar-refractivity contribution is 0.0296. The van der Waals surface area contributed by atoms with E-state index in [0.717, 1.165) is 16.5 Å². The van der Waals surface area contributed by atoms with E-state index < -0.39 is 12.0 Å². The monoisotopic (exact) mass is 466 g/mol. The highest BCUT2D eigenvalue weighted by atomic mass is 35.5. The molecule has 1 saturated heterocycles. The van der Waals surface area contributed by atoms with E-state index in [1.54, 1.807) is 12.3 Å². The molecule has 0 bridgehead atoms. The predicted molar refractivity (Wildman–Crippen MR) is 129 cm³/mol. The standard InChI is InChI=1S/C24H24ClFN6O/c1-4-18(33)31-7-8-32(14(3)11-31)24-16-9-17(25)20(21(26)23(16)27-12-28-24)19-13(2)5-6-15-10-29-30-22(15)19/h4-6,9-10,12,14,18,33H,1,7-8,11H2,2-3H3,(H,29,30)/t14-,18?/m0/s1. The number of benzene rings is 2. The second-order valence-electron chi connectivity index (χ2n) is 8.42. The summed E-state index contributed by atoms with van der Waals surface area (Å²) < 4.78 is 16.0. The van der Waals surface area contributed by atoms with E-state index in [1.165, 1.54) is 12.4 Å². The average molecular weight is 467 g/mol. The Balaban J connectivity index is 1.64. The molecule has 1 aliphatic rings. The smallest absolute Gasteiger partial charge is 0.159 e. The molecule has 170 valence electrons. The molecule has 33 heavy (non-hydrogen) atoms. The first-order chi connectivity index (χ1) is 15.9. The molecule has 0 spiro atoms. The van der Waals surface area contributed by atoms with Crippen molar-refractivity contribution in [1.29, 1.82) is 0 Å². The highest BCUT2D eigenvalue weighted by Gasteiger charge is 2.29. The van der Waals surface area contributed by atoms with Crippen molar-refractivity contribution in [2.24, 2.45) is 0 Å². The van der Waals surface area contributed by atoms with Crippen LogP contribution in [0.2, 0.25) is 5.02 Å². The molecule has 1 aliphatic heterocycles. The molecule has 3 heterocycles. The number of nitrogens with one attached hydrogen (secondary N) is 1. The van der Waals surface area contributed by atoms with Crippen molar-refractivity contribution in [2.45, 2.75) is 26.1 Å². The molecule has 9 heteroatoms. The molecular formula is C24H24ClFN6O. The molecule has 2 aromatic carbocycles. The summed E-state index contributed by atoms with van der Waals surface area (Å²) in [5, 5.41) is 18.9. The third kappa shape index (κ3) is 3.55. The lowest BCUT2D eigenvalue weighted by Gasteiger charge is -2.42. The van der Waals surface area contributed by atoms with Gasteiger partial charge in [0.15, 0.2) is 5.82 Å². The molecule has 2 aromatic heterocycles. The molecule has 1 fully saturated rings. The Morgan fingerprint density at radius 2 is 2.12 bits per heavy atom. The molecule has 2 atom stereocenters. The molecule has 1 unspecified atom stereocenters. The van der Waals surface area contributed by atoms with Gasteiger partial charge in [-0.15, -0.1) is 0 Å². The molecule has 2 N–H and O–H groups in total. The summed E-state index contributed by atoms with van der Waals surface area (Å²) in [4.78, 5) is 12.8. The highest BCUT2D eigenvalue weighted by Crippen LogP contribution is 2.41. The van der Waals surface area contributed by atoms with Gasteiger partial charge in [-0.2, -0.15) is 5.10 Å². The lowest BCUT2D eigenvalue weighted by atomic mass is 9.96. The number of anilines is 1. The van der Waals surface area contributed by atoms with Gasteiger partial charge < -0.3 is 10.0 Å². The van der Waals surface area contributed by atoms with Crippen LogP contribution in [0.1, 0.15) is 12.5 Å². The molecule has 0 radical (unpaired) electrons. The zero-order valence-corrected chi connectivity index (χ0v) is 19.1. The number of H-pyrrole nitrogens is 1. The van der Waals surface area contributed by atoms with Gasteiger partial charge in [0, 0.05) is 47.6 Å². The van der Waals surface area contributed by atoms with Crippen LogP contribution in [-0.2, 0) is 0 Å². The van der Waals surface area contributed by atoms with E-state index in [2.05, 4.69) is 31.6 Å². The molecule has 5 rings (SSSR count). The van der Waals surface area contributed by atoms with Gasteiger partial charge in [-0.25, -0.2) is 14.4 Å². The van der Waals surface area contributed by atoms with Gasteiger partial charge in [0.05, 0.1) is 16.7 Å². The van der Waals surface area contributed by atoms with Crippen molar-refractivity contribution >= 4 is 39.2 Å². The normalized spacial score (nSPS) is 18.2. The number of fused-ring (bicyclic) bond motifs is 2. The zero-order valence-electron chi connectivity index (χ0n) is 18.4. The Bertz CT molecular complexity index is 1370. The number of piperazine rings is 1. The second-order valence-corrected chi connectivity index (χ2v) is 8.83. The first-order valence-electron chi connectivity index (χ1n) is 10.8. The summed E-state index contributed by atoms with van der Waals surface area (Å²) >= 11 is 6.71. The minimum Gasteiger partial charge on any atom is -0.375 e. The molecule has 0 aliphatic carbocycles. The fourth-order valence-corrected chi connectivity index (χ4v) is 4.99. The summed E-state index contributed by atoms with van der Waals surface area (Å²) in [6.45, 7) is 9.49. The van der Waals surface area contributed by atoms with Crippen molar-refractivity contribution in [3.63, 3.8) is 0 Å². The fourth-order valence-electron chi connectivity index (χ4n) is 4.70. The van der Waals surface area contributed by atoms with Crippen molar-refractivity contribution in [3.8, 4) is 11.1 Å². The fraction of sp³-hybridized carbons (Fsp3) is 0.292. The molecule has 7 nitrogen and oxygen atoms in total. The summed E-state index contributed by atoms with van der Waals surface area (Å²) in [5.74, 6) is 0.142. The third-order valence-electron chi connectivity index (χ3n) is 6.39. The number of rotatable bonds is 4. The second kappa shape index (κ2) is 8.37. The average Bonchev–Trinajstić information content (AvgIpc) is 3.28. The number of aromatic nitrogens is 4. The number of nitrogens with zero attached hydrogens (tertiary/aromatic N) is 5. The van der Waals surface area contributed by atoms with E-state index in [9.17, 15) is 5.11 Å². The van der Waals surface area contributed by atoms with Crippen LogP contribution in [0.15, 0.2) is 43.4 Å². The minimum absolute atomic E-state index is 0.0361. The van der Waals surface area contributed by atoms with Gasteiger partial charge in [0.2, 0.25) is 0 Å². The predicted octanol–water partition coefficient (Wildman–Crippen LogP) is 4.29. The topological polar surface area (TPSA) is 81.2 Å². The maximum Gasteiger partial charge on any atom is 0.159 e. The van der Waals surface area contributed by atoms with Crippen LogP contribution >= 0.6 is 11.6 Å². The SMILES string of the molecule is C=CC(O)N1CCN(c2ncnc3c(F)c(-c4c(C)ccc5cn[nH]c45)c(Cl)cc23)[C@@H](C)C1. The number of aliphatic hydroxyl groups excluding tert-OH is 1. The van der Waals surface area contributed by atoms with Crippen molar-refractivity contribution in [3.05, 3.63) is 59.8 Å².